The molecular weight excluding hydrogens is 300 g/mol. The smallest absolute Gasteiger partial charge is 0.334 e. The highest BCUT2D eigenvalue weighted by atomic mass is 28.4. The topological polar surface area (TPSA) is 51.8 Å². The standard InChI is InChI=1S/C14H36N2O3Si2/c1-17-20(4,5)13-7-9-15-11-12-16-10-8-14-21(6,18-2)19-3/h15-16H,7-14H2,1-6H3. The first kappa shape index (κ1) is 21.2. The molecule has 0 aliphatic rings. The molecule has 0 aliphatic heterocycles. The molecule has 0 heterocycles. The van der Waals surface area contributed by atoms with Crippen molar-refractivity contribution in [3.8, 4) is 0 Å². The van der Waals surface area contributed by atoms with Gasteiger partial charge in [0.1, 0.15) is 0 Å². The van der Waals surface area contributed by atoms with Crippen molar-refractivity contribution in [3.63, 3.8) is 0 Å². The van der Waals surface area contributed by atoms with Gasteiger partial charge in [0.25, 0.3) is 0 Å². The summed E-state index contributed by atoms with van der Waals surface area (Å²) in [5, 5.41) is 6.93. The Bertz CT molecular complexity index is 252. The lowest BCUT2D eigenvalue weighted by Gasteiger charge is -2.22. The molecule has 0 amide bonds. The maximum Gasteiger partial charge on any atom is 0.334 e. The Hall–Kier alpha value is 0.234. The molecule has 0 saturated carbocycles. The molecule has 5 nitrogen and oxygen atoms in total. The van der Waals surface area contributed by atoms with E-state index < -0.39 is 16.9 Å². The molecule has 2 N–H and O–H groups in total. The van der Waals surface area contributed by atoms with Gasteiger partial charge in [-0.2, -0.15) is 0 Å². The Labute approximate surface area is 133 Å². The maximum absolute atomic E-state index is 5.54. The van der Waals surface area contributed by atoms with E-state index in [4.69, 9.17) is 13.3 Å². The Kier molecular flexibility index (Phi) is 11.9. The molecule has 21 heavy (non-hydrogen) atoms. The summed E-state index contributed by atoms with van der Waals surface area (Å²) in [7, 11) is 2.11. The van der Waals surface area contributed by atoms with Crippen molar-refractivity contribution < 1.29 is 13.3 Å². The van der Waals surface area contributed by atoms with Crippen molar-refractivity contribution in [1.82, 2.24) is 10.6 Å². The van der Waals surface area contributed by atoms with Crippen molar-refractivity contribution >= 4 is 16.9 Å². The van der Waals surface area contributed by atoms with Crippen LogP contribution in [0.4, 0.5) is 0 Å². The van der Waals surface area contributed by atoms with Gasteiger partial charge in [-0.3, -0.25) is 0 Å². The molecule has 128 valence electrons. The van der Waals surface area contributed by atoms with Crippen LogP contribution in [-0.4, -0.2) is 64.4 Å². The van der Waals surface area contributed by atoms with Crippen LogP contribution in [0.1, 0.15) is 12.8 Å². The van der Waals surface area contributed by atoms with E-state index in [0.717, 1.165) is 38.6 Å². The van der Waals surface area contributed by atoms with Gasteiger partial charge in [-0.25, -0.2) is 0 Å². The second-order valence-corrected chi connectivity index (χ2v) is 14.2. The molecule has 0 fully saturated rings. The fraction of sp³-hybridized carbons (Fsp3) is 1.00. The van der Waals surface area contributed by atoms with Crippen molar-refractivity contribution in [2.45, 2.75) is 44.6 Å². The molecule has 0 unspecified atom stereocenters. The summed E-state index contributed by atoms with van der Waals surface area (Å²) in [4.78, 5) is 0. The third kappa shape index (κ3) is 11.5. The van der Waals surface area contributed by atoms with E-state index in [0.29, 0.717) is 0 Å². The number of rotatable bonds is 14. The minimum absolute atomic E-state index is 1.02. The van der Waals surface area contributed by atoms with E-state index in [1.54, 1.807) is 14.2 Å². The first-order valence-electron chi connectivity index (χ1n) is 7.96. The van der Waals surface area contributed by atoms with E-state index in [-0.39, 0.29) is 0 Å². The second kappa shape index (κ2) is 11.8. The largest absolute Gasteiger partial charge is 0.420 e. The number of hydrogen-bond donors (Lipinski definition) is 2. The van der Waals surface area contributed by atoms with E-state index in [1.807, 2.05) is 7.11 Å². The van der Waals surface area contributed by atoms with Crippen molar-refractivity contribution in [2.75, 3.05) is 47.5 Å². The van der Waals surface area contributed by atoms with Gasteiger partial charge in [0.2, 0.25) is 0 Å². The molecule has 0 bridgehead atoms. The quantitative estimate of drug-likeness (QED) is 0.376. The number of nitrogens with one attached hydrogen (secondary N) is 2. The van der Waals surface area contributed by atoms with Crippen LogP contribution >= 0.6 is 0 Å². The van der Waals surface area contributed by atoms with Crippen LogP contribution in [0.5, 0.6) is 0 Å². The third-order valence-electron chi connectivity index (χ3n) is 4.01. The van der Waals surface area contributed by atoms with Gasteiger partial charge in [0.15, 0.2) is 8.32 Å². The van der Waals surface area contributed by atoms with Gasteiger partial charge >= 0.3 is 8.56 Å². The Morgan fingerprint density at radius 1 is 0.667 bits per heavy atom. The van der Waals surface area contributed by atoms with Gasteiger partial charge in [-0.15, -0.1) is 0 Å². The normalized spacial score (nSPS) is 12.9. The van der Waals surface area contributed by atoms with Crippen LogP contribution in [0, 0.1) is 0 Å². The highest BCUT2D eigenvalue weighted by Gasteiger charge is 2.27. The van der Waals surface area contributed by atoms with Gasteiger partial charge < -0.3 is 23.9 Å². The summed E-state index contributed by atoms with van der Waals surface area (Å²) < 4.78 is 16.5. The second-order valence-electron chi connectivity index (χ2n) is 6.21. The highest BCUT2D eigenvalue weighted by molar-refractivity contribution is 6.71. The van der Waals surface area contributed by atoms with Crippen LogP contribution < -0.4 is 10.6 Å². The molecule has 0 aliphatic carbocycles. The Balaban J connectivity index is 3.34. The number of hydrogen-bond acceptors (Lipinski definition) is 5. The van der Waals surface area contributed by atoms with Gasteiger partial charge in [0.05, 0.1) is 0 Å². The fourth-order valence-corrected chi connectivity index (χ4v) is 4.62. The lowest BCUT2D eigenvalue weighted by molar-refractivity contribution is 0.248. The van der Waals surface area contributed by atoms with Crippen molar-refractivity contribution in [2.24, 2.45) is 0 Å². The first-order valence-corrected chi connectivity index (χ1v) is 13.6. The van der Waals surface area contributed by atoms with Crippen LogP contribution in [0.2, 0.25) is 31.7 Å². The SMILES string of the molecule is CO[Si](C)(C)CCCNCCNCCC[Si](C)(OC)OC. The average Bonchev–Trinajstić information content (AvgIpc) is 2.48. The van der Waals surface area contributed by atoms with Crippen molar-refractivity contribution in [1.29, 1.82) is 0 Å². The van der Waals surface area contributed by atoms with E-state index in [9.17, 15) is 0 Å². The molecule has 0 aromatic rings. The summed E-state index contributed by atoms with van der Waals surface area (Å²) in [5.74, 6) is 0. The molecular formula is C14H36N2O3Si2. The van der Waals surface area contributed by atoms with Crippen LogP contribution in [0.25, 0.3) is 0 Å². The van der Waals surface area contributed by atoms with E-state index in [2.05, 4.69) is 30.3 Å². The first-order chi connectivity index (χ1) is 9.89. The molecule has 0 atom stereocenters. The van der Waals surface area contributed by atoms with E-state index >= 15 is 0 Å². The van der Waals surface area contributed by atoms with Crippen LogP contribution in [0.3, 0.4) is 0 Å². The van der Waals surface area contributed by atoms with Crippen LogP contribution in [-0.2, 0) is 13.3 Å². The van der Waals surface area contributed by atoms with Gasteiger partial charge in [-0.05, 0) is 57.7 Å². The summed E-state index contributed by atoms with van der Waals surface area (Å²) in [6.45, 7) is 10.8. The minimum Gasteiger partial charge on any atom is -0.420 e. The predicted octanol–water partition coefficient (Wildman–Crippen LogP) is 2.16. The van der Waals surface area contributed by atoms with Crippen LogP contribution in [0.15, 0.2) is 0 Å². The third-order valence-corrected chi connectivity index (χ3v) is 9.66. The zero-order valence-electron chi connectivity index (χ0n) is 14.9. The fourth-order valence-electron chi connectivity index (χ4n) is 1.99. The highest BCUT2D eigenvalue weighted by Crippen LogP contribution is 2.13. The van der Waals surface area contributed by atoms with E-state index in [1.165, 1.54) is 12.5 Å². The molecule has 0 aromatic carbocycles. The monoisotopic (exact) mass is 336 g/mol. The zero-order chi connectivity index (χ0) is 16.2. The molecule has 0 aromatic heterocycles. The lowest BCUT2D eigenvalue weighted by Crippen LogP contribution is -2.37. The van der Waals surface area contributed by atoms with Gasteiger partial charge in [-0.1, -0.05) is 0 Å². The molecule has 0 rings (SSSR count). The summed E-state index contributed by atoms with van der Waals surface area (Å²) in [6.07, 6.45) is 2.32. The summed E-state index contributed by atoms with van der Waals surface area (Å²) in [5.41, 5.74) is 0. The molecule has 0 radical (unpaired) electrons. The maximum atomic E-state index is 5.54. The summed E-state index contributed by atoms with van der Waals surface area (Å²) in [6, 6.07) is 2.26. The minimum atomic E-state index is -1.87. The zero-order valence-corrected chi connectivity index (χ0v) is 16.9. The van der Waals surface area contributed by atoms with Crippen molar-refractivity contribution in [3.05, 3.63) is 0 Å². The molecule has 7 heteroatoms. The molecule has 0 saturated heterocycles. The Morgan fingerprint density at radius 2 is 1.14 bits per heavy atom. The predicted molar refractivity (Wildman–Crippen MR) is 94.7 cm³/mol. The Morgan fingerprint density at radius 3 is 1.57 bits per heavy atom. The summed E-state index contributed by atoms with van der Waals surface area (Å²) >= 11 is 0. The lowest BCUT2D eigenvalue weighted by atomic mass is 10.4. The van der Waals surface area contributed by atoms with Gasteiger partial charge in [0, 0.05) is 34.4 Å². The average molecular weight is 337 g/mol. The molecule has 0 spiro atoms.